The van der Waals surface area contributed by atoms with Crippen molar-refractivity contribution in [1.82, 2.24) is 10.3 Å². The molecule has 2 aromatic rings. The van der Waals surface area contributed by atoms with Crippen LogP contribution in [-0.4, -0.2) is 38.4 Å². The van der Waals surface area contributed by atoms with Crippen molar-refractivity contribution >= 4 is 27.6 Å². The minimum Gasteiger partial charge on any atom is -0.491 e. The molecule has 4 rings (SSSR count). The first-order chi connectivity index (χ1) is 14.4. The van der Waals surface area contributed by atoms with Crippen LogP contribution in [0.15, 0.2) is 40.9 Å². The minimum absolute atomic E-state index is 0.0656. The second kappa shape index (κ2) is 8.11. The highest BCUT2D eigenvalue weighted by atomic mass is 32.2. The lowest BCUT2D eigenvalue weighted by molar-refractivity contribution is 0.181. The zero-order chi connectivity index (χ0) is 21.2. The number of fused-ring (bicyclic) bond motifs is 1. The molecule has 9 nitrogen and oxygen atoms in total. The summed E-state index contributed by atoms with van der Waals surface area (Å²) in [7, 11) is -1.97. The summed E-state index contributed by atoms with van der Waals surface area (Å²) in [4.78, 5) is 4.25. The third kappa shape index (κ3) is 4.34. The van der Waals surface area contributed by atoms with E-state index in [1.54, 1.807) is 24.4 Å². The Labute approximate surface area is 176 Å². The van der Waals surface area contributed by atoms with Gasteiger partial charge in [0.1, 0.15) is 18.2 Å². The van der Waals surface area contributed by atoms with Crippen LogP contribution in [0.3, 0.4) is 0 Å². The molecule has 1 fully saturated rings. The molecule has 0 saturated heterocycles. The summed E-state index contributed by atoms with van der Waals surface area (Å²) in [5, 5.41) is 6.74. The zero-order valence-electron chi connectivity index (χ0n) is 16.8. The highest BCUT2D eigenvalue weighted by molar-refractivity contribution is 7.91. The van der Waals surface area contributed by atoms with Gasteiger partial charge in [0, 0.05) is 19.8 Å². The Morgan fingerprint density at radius 2 is 2.07 bits per heavy atom. The molecule has 1 aromatic heterocycles. The van der Waals surface area contributed by atoms with Crippen LogP contribution in [-0.2, 0) is 16.8 Å². The normalized spacial score (nSPS) is 18.8. The SMILES string of the molecule is CNc1cc(CNC2(COc3cccc4c3C(N)=NS(=O)(=O)N4)CCCC2)ccn1. The number of amidine groups is 1. The monoisotopic (exact) mass is 430 g/mol. The lowest BCUT2D eigenvalue weighted by Gasteiger charge is -2.31. The fourth-order valence-electron chi connectivity index (χ4n) is 3.99. The molecule has 2 heterocycles. The maximum atomic E-state index is 11.8. The second-order valence-electron chi connectivity index (χ2n) is 7.66. The van der Waals surface area contributed by atoms with Gasteiger partial charge in [0.2, 0.25) is 0 Å². The van der Waals surface area contributed by atoms with Crippen molar-refractivity contribution in [3.8, 4) is 5.75 Å². The Morgan fingerprint density at radius 3 is 2.83 bits per heavy atom. The predicted molar refractivity (Wildman–Crippen MR) is 117 cm³/mol. The van der Waals surface area contributed by atoms with E-state index in [4.69, 9.17) is 10.5 Å². The van der Waals surface area contributed by atoms with Crippen molar-refractivity contribution in [2.24, 2.45) is 10.1 Å². The molecule has 10 heteroatoms. The molecule has 0 amide bonds. The van der Waals surface area contributed by atoms with E-state index in [-0.39, 0.29) is 11.4 Å². The Kier molecular flexibility index (Phi) is 5.52. The fourth-order valence-corrected chi connectivity index (χ4v) is 4.83. The molecule has 1 aliphatic heterocycles. The molecule has 2 aliphatic rings. The van der Waals surface area contributed by atoms with Crippen LogP contribution in [0.4, 0.5) is 11.5 Å². The number of nitrogens with one attached hydrogen (secondary N) is 3. The third-order valence-electron chi connectivity index (χ3n) is 5.55. The average molecular weight is 431 g/mol. The zero-order valence-corrected chi connectivity index (χ0v) is 17.6. The number of anilines is 2. The fraction of sp³-hybridized carbons (Fsp3) is 0.400. The summed E-state index contributed by atoms with van der Waals surface area (Å²) in [5.74, 6) is 1.29. The summed E-state index contributed by atoms with van der Waals surface area (Å²) in [6, 6.07) is 9.18. The largest absolute Gasteiger partial charge is 0.491 e. The van der Waals surface area contributed by atoms with Crippen molar-refractivity contribution in [2.45, 2.75) is 37.8 Å². The lowest BCUT2D eigenvalue weighted by atomic mass is 9.98. The van der Waals surface area contributed by atoms with Gasteiger partial charge in [-0.1, -0.05) is 18.9 Å². The summed E-state index contributed by atoms with van der Waals surface area (Å²) in [6.45, 7) is 1.16. The first kappa shape index (κ1) is 20.4. The van der Waals surface area contributed by atoms with Crippen LogP contribution < -0.4 is 25.8 Å². The first-order valence-electron chi connectivity index (χ1n) is 9.92. The predicted octanol–water partition coefficient (Wildman–Crippen LogP) is 1.98. The van der Waals surface area contributed by atoms with Crippen LogP contribution in [0.25, 0.3) is 0 Å². The number of nitrogens with two attached hydrogens (primary N) is 1. The molecule has 0 atom stereocenters. The molecule has 30 heavy (non-hydrogen) atoms. The maximum Gasteiger partial charge on any atom is 0.344 e. The van der Waals surface area contributed by atoms with Crippen LogP contribution in [0.2, 0.25) is 0 Å². The molecule has 5 N–H and O–H groups in total. The van der Waals surface area contributed by atoms with Crippen molar-refractivity contribution < 1.29 is 13.2 Å². The molecular formula is C20H26N6O3S. The number of benzene rings is 1. The van der Waals surface area contributed by atoms with Gasteiger partial charge in [0.25, 0.3) is 0 Å². The standard InChI is InChI=1S/C20H26N6O3S/c1-22-17-11-14(7-10-23-17)12-24-20(8-2-3-9-20)13-29-16-6-4-5-15-18(16)19(21)26-30(27,28)25-15/h4-7,10-11,24-25H,2-3,8-9,12-13H2,1H3,(H2,21,26)(H,22,23). The summed E-state index contributed by atoms with van der Waals surface area (Å²) < 4.78 is 35.7. The number of pyridine rings is 1. The highest BCUT2D eigenvalue weighted by Gasteiger charge is 2.35. The molecular weight excluding hydrogens is 404 g/mol. The molecule has 0 radical (unpaired) electrons. The van der Waals surface area contributed by atoms with Crippen molar-refractivity contribution in [3.63, 3.8) is 0 Å². The first-order valence-corrected chi connectivity index (χ1v) is 11.4. The van der Waals surface area contributed by atoms with E-state index >= 15 is 0 Å². The Morgan fingerprint density at radius 1 is 1.27 bits per heavy atom. The summed E-state index contributed by atoms with van der Waals surface area (Å²) in [5.41, 5.74) is 7.77. The van der Waals surface area contributed by atoms with Crippen molar-refractivity contribution in [2.75, 3.05) is 23.7 Å². The molecule has 1 aliphatic carbocycles. The van der Waals surface area contributed by atoms with Gasteiger partial charge < -0.3 is 21.1 Å². The molecule has 0 spiro atoms. The second-order valence-corrected chi connectivity index (χ2v) is 9.00. The van der Waals surface area contributed by atoms with Gasteiger partial charge in [-0.3, -0.25) is 4.72 Å². The van der Waals surface area contributed by atoms with Gasteiger partial charge in [-0.2, -0.15) is 8.42 Å². The van der Waals surface area contributed by atoms with Gasteiger partial charge in [-0.25, -0.2) is 4.98 Å². The van der Waals surface area contributed by atoms with Gasteiger partial charge in [0.05, 0.1) is 16.8 Å². The molecule has 0 bridgehead atoms. The number of nitrogens with zero attached hydrogens (tertiary/aromatic N) is 2. The van der Waals surface area contributed by atoms with Gasteiger partial charge in [-0.05, 0) is 42.7 Å². The third-order valence-corrected chi connectivity index (χ3v) is 6.47. The van der Waals surface area contributed by atoms with E-state index in [0.717, 1.165) is 37.1 Å². The van der Waals surface area contributed by atoms with Crippen LogP contribution in [0, 0.1) is 0 Å². The van der Waals surface area contributed by atoms with Crippen LogP contribution >= 0.6 is 0 Å². The molecule has 160 valence electrons. The van der Waals surface area contributed by atoms with Crippen LogP contribution in [0.1, 0.15) is 36.8 Å². The van der Waals surface area contributed by atoms with Gasteiger partial charge in [0.15, 0.2) is 5.84 Å². The van der Waals surface area contributed by atoms with E-state index < -0.39 is 10.2 Å². The summed E-state index contributed by atoms with van der Waals surface area (Å²) in [6.07, 6.45) is 6.06. The maximum absolute atomic E-state index is 11.8. The van der Waals surface area contributed by atoms with Crippen LogP contribution in [0.5, 0.6) is 5.75 Å². The number of aromatic nitrogens is 1. The van der Waals surface area contributed by atoms with E-state index in [2.05, 4.69) is 24.7 Å². The molecule has 1 aromatic carbocycles. The number of hydrogen-bond acceptors (Lipinski definition) is 7. The molecule has 1 saturated carbocycles. The van der Waals surface area contributed by atoms with E-state index in [1.165, 1.54) is 0 Å². The van der Waals surface area contributed by atoms with Gasteiger partial charge in [-0.15, -0.1) is 4.40 Å². The Bertz CT molecular complexity index is 1060. The van der Waals surface area contributed by atoms with E-state index in [1.807, 2.05) is 19.2 Å². The quantitative estimate of drug-likeness (QED) is 0.528. The van der Waals surface area contributed by atoms with Gasteiger partial charge >= 0.3 is 10.2 Å². The number of hydrogen-bond donors (Lipinski definition) is 4. The van der Waals surface area contributed by atoms with E-state index in [9.17, 15) is 8.42 Å². The Hall–Kier alpha value is -2.85. The Balaban J connectivity index is 1.50. The molecule has 0 unspecified atom stereocenters. The topological polar surface area (TPSA) is 131 Å². The lowest BCUT2D eigenvalue weighted by Crippen LogP contribution is -2.47. The number of ether oxygens (including phenoxy) is 1. The van der Waals surface area contributed by atoms with Crippen molar-refractivity contribution in [3.05, 3.63) is 47.7 Å². The van der Waals surface area contributed by atoms with Crippen molar-refractivity contribution in [1.29, 1.82) is 0 Å². The summed E-state index contributed by atoms with van der Waals surface area (Å²) >= 11 is 0. The average Bonchev–Trinajstić information content (AvgIpc) is 3.19. The highest BCUT2D eigenvalue weighted by Crippen LogP contribution is 2.34. The minimum atomic E-state index is -3.81. The smallest absolute Gasteiger partial charge is 0.344 e. The number of rotatable bonds is 7. The van der Waals surface area contributed by atoms with E-state index in [0.29, 0.717) is 30.2 Å².